The van der Waals surface area contributed by atoms with Gasteiger partial charge in [-0.2, -0.15) is 0 Å². The van der Waals surface area contributed by atoms with Gasteiger partial charge >= 0.3 is 5.97 Å². The van der Waals surface area contributed by atoms with E-state index in [-0.39, 0.29) is 41.8 Å². The predicted molar refractivity (Wildman–Crippen MR) is 97.4 cm³/mol. The average Bonchev–Trinajstić information content (AvgIpc) is 3.02. The number of hydrogen-bond donors (Lipinski definition) is 3. The highest BCUT2D eigenvalue weighted by atomic mass is 16.6. The monoisotopic (exact) mass is 380 g/mol. The van der Waals surface area contributed by atoms with Crippen molar-refractivity contribution in [3.8, 4) is 0 Å². The standard InChI is InChI=1S/C21H32O6/c1-3-17(24)27-16-5-4-14-19-13(6-7-21(14,16)10-22)20(2)11-26-18(25)9-12(20)8-15(19)23/h8,13-16,18-19,22-23,25H,3-7,9-11H2,1-2H3/t13?,14?,15-,16-,18-,19?,20-,21+/m0/s1. The summed E-state index contributed by atoms with van der Waals surface area (Å²) in [6.07, 6.45) is 4.28. The van der Waals surface area contributed by atoms with Crippen molar-refractivity contribution in [2.45, 2.75) is 70.9 Å². The van der Waals surface area contributed by atoms with Crippen LogP contribution in [-0.4, -0.2) is 53.0 Å². The van der Waals surface area contributed by atoms with Gasteiger partial charge in [-0.05, 0) is 43.4 Å². The molecule has 0 aromatic heterocycles. The van der Waals surface area contributed by atoms with Crippen LogP contribution in [0, 0.1) is 28.6 Å². The fourth-order valence-corrected chi connectivity index (χ4v) is 6.66. The van der Waals surface area contributed by atoms with Crippen LogP contribution in [0.25, 0.3) is 0 Å². The lowest BCUT2D eigenvalue weighted by Crippen LogP contribution is -2.58. The first kappa shape index (κ1) is 19.4. The smallest absolute Gasteiger partial charge is 0.305 e. The fraction of sp³-hybridized carbons (Fsp3) is 0.857. The molecule has 0 aromatic rings. The number of carbonyl (C=O) groups excluding carboxylic acids is 1. The molecule has 0 amide bonds. The lowest BCUT2D eigenvalue weighted by Gasteiger charge is -2.58. The highest BCUT2D eigenvalue weighted by Gasteiger charge is 2.63. The molecule has 3 aliphatic carbocycles. The molecular formula is C21H32O6. The Morgan fingerprint density at radius 2 is 2.07 bits per heavy atom. The molecule has 6 nitrogen and oxygen atoms in total. The number of carbonyl (C=O) groups is 1. The second kappa shape index (κ2) is 6.83. The van der Waals surface area contributed by atoms with Crippen molar-refractivity contribution in [2.75, 3.05) is 13.2 Å². The fourth-order valence-electron chi connectivity index (χ4n) is 6.66. The summed E-state index contributed by atoms with van der Waals surface area (Å²) in [6, 6.07) is 0. The van der Waals surface area contributed by atoms with E-state index in [1.54, 1.807) is 6.92 Å². The summed E-state index contributed by atoms with van der Waals surface area (Å²) < 4.78 is 11.3. The van der Waals surface area contributed by atoms with Crippen molar-refractivity contribution in [2.24, 2.45) is 28.6 Å². The van der Waals surface area contributed by atoms with Crippen LogP contribution in [0.1, 0.15) is 52.4 Å². The molecular weight excluding hydrogens is 348 g/mol. The molecule has 3 N–H and O–H groups in total. The molecule has 1 saturated heterocycles. The van der Waals surface area contributed by atoms with E-state index >= 15 is 0 Å². The predicted octanol–water partition coefficient (Wildman–Crippen LogP) is 1.77. The molecule has 152 valence electrons. The number of ether oxygens (including phenoxy) is 2. The van der Waals surface area contributed by atoms with Crippen molar-refractivity contribution in [1.29, 1.82) is 0 Å². The molecule has 0 radical (unpaired) electrons. The molecule has 8 atom stereocenters. The number of esters is 1. The number of rotatable bonds is 3. The SMILES string of the molecule is CCC(=O)O[C@H]1CCC2C3C(CC[C@@]21CO)[C@@]1(C)CO[C@H](O)CC1=C[C@@H]3O. The number of fused-ring (bicyclic) bond motifs is 5. The van der Waals surface area contributed by atoms with Crippen molar-refractivity contribution in [3.05, 3.63) is 11.6 Å². The summed E-state index contributed by atoms with van der Waals surface area (Å²) in [5, 5.41) is 31.3. The minimum atomic E-state index is -0.794. The van der Waals surface area contributed by atoms with Crippen LogP contribution in [0.15, 0.2) is 11.6 Å². The zero-order valence-electron chi connectivity index (χ0n) is 16.3. The minimum absolute atomic E-state index is 0.0161. The Morgan fingerprint density at radius 1 is 1.30 bits per heavy atom. The topological polar surface area (TPSA) is 96.2 Å². The van der Waals surface area contributed by atoms with Gasteiger partial charge in [0.25, 0.3) is 0 Å². The Hall–Kier alpha value is -0.950. The largest absolute Gasteiger partial charge is 0.462 e. The van der Waals surface area contributed by atoms with Crippen molar-refractivity contribution in [3.63, 3.8) is 0 Å². The molecule has 4 aliphatic rings. The Morgan fingerprint density at radius 3 is 2.78 bits per heavy atom. The van der Waals surface area contributed by atoms with Crippen LogP contribution in [0.4, 0.5) is 0 Å². The maximum absolute atomic E-state index is 11.9. The van der Waals surface area contributed by atoms with Gasteiger partial charge in [-0.3, -0.25) is 4.79 Å². The lowest BCUT2D eigenvalue weighted by atomic mass is 9.49. The Kier molecular flexibility index (Phi) is 4.90. The van der Waals surface area contributed by atoms with Crippen molar-refractivity contribution >= 4 is 5.97 Å². The first-order chi connectivity index (χ1) is 12.9. The quantitative estimate of drug-likeness (QED) is 0.510. The zero-order chi connectivity index (χ0) is 19.4. The Labute approximate surface area is 160 Å². The number of hydrogen-bond acceptors (Lipinski definition) is 6. The average molecular weight is 380 g/mol. The molecule has 3 unspecified atom stereocenters. The highest BCUT2D eigenvalue weighted by molar-refractivity contribution is 5.69. The lowest BCUT2D eigenvalue weighted by molar-refractivity contribution is -0.188. The van der Waals surface area contributed by atoms with Gasteiger partial charge in [-0.25, -0.2) is 0 Å². The van der Waals surface area contributed by atoms with Crippen molar-refractivity contribution < 1.29 is 29.6 Å². The van der Waals surface area contributed by atoms with Gasteiger partial charge in [-0.1, -0.05) is 25.5 Å². The summed E-state index contributed by atoms with van der Waals surface area (Å²) in [4.78, 5) is 11.9. The molecule has 0 spiro atoms. The van der Waals surface area contributed by atoms with E-state index in [0.717, 1.165) is 31.3 Å². The van der Waals surface area contributed by atoms with Gasteiger partial charge in [0.05, 0.1) is 19.3 Å². The first-order valence-corrected chi connectivity index (χ1v) is 10.3. The third-order valence-electron chi connectivity index (χ3n) is 8.11. The van der Waals surface area contributed by atoms with Crippen LogP contribution in [0.2, 0.25) is 0 Å². The highest BCUT2D eigenvalue weighted by Crippen LogP contribution is 2.64. The normalized spacial score (nSPS) is 48.9. The summed E-state index contributed by atoms with van der Waals surface area (Å²) in [7, 11) is 0. The molecule has 6 heteroatoms. The Bertz CT molecular complexity index is 632. The molecule has 3 fully saturated rings. The van der Waals surface area contributed by atoms with E-state index in [2.05, 4.69) is 6.92 Å². The van der Waals surface area contributed by atoms with E-state index in [0.29, 0.717) is 19.4 Å². The molecule has 1 heterocycles. The second-order valence-electron chi connectivity index (χ2n) is 9.20. The zero-order valence-corrected chi connectivity index (χ0v) is 16.3. The second-order valence-corrected chi connectivity index (χ2v) is 9.20. The van der Waals surface area contributed by atoms with Crippen LogP contribution < -0.4 is 0 Å². The van der Waals surface area contributed by atoms with E-state index < -0.39 is 17.8 Å². The minimum Gasteiger partial charge on any atom is -0.462 e. The van der Waals surface area contributed by atoms with Crippen molar-refractivity contribution in [1.82, 2.24) is 0 Å². The van der Waals surface area contributed by atoms with Crippen LogP contribution in [0.3, 0.4) is 0 Å². The van der Waals surface area contributed by atoms with Gasteiger partial charge in [0, 0.05) is 23.7 Å². The summed E-state index contributed by atoms with van der Waals surface area (Å²) in [6.45, 7) is 4.41. The maximum atomic E-state index is 11.9. The Balaban J connectivity index is 1.66. The van der Waals surface area contributed by atoms with E-state index in [1.807, 2.05) is 6.08 Å². The van der Waals surface area contributed by atoms with Gasteiger partial charge < -0.3 is 24.8 Å². The molecule has 0 aromatic carbocycles. The molecule has 27 heavy (non-hydrogen) atoms. The van der Waals surface area contributed by atoms with E-state index in [9.17, 15) is 20.1 Å². The van der Waals surface area contributed by atoms with Crippen LogP contribution >= 0.6 is 0 Å². The summed E-state index contributed by atoms with van der Waals surface area (Å²) in [5.41, 5.74) is 0.450. The molecule has 4 rings (SSSR count). The van der Waals surface area contributed by atoms with Gasteiger partial charge in [0.1, 0.15) is 6.10 Å². The van der Waals surface area contributed by atoms with Gasteiger partial charge in [0.2, 0.25) is 0 Å². The third-order valence-corrected chi connectivity index (χ3v) is 8.11. The maximum Gasteiger partial charge on any atom is 0.305 e. The summed E-state index contributed by atoms with van der Waals surface area (Å²) in [5.74, 6) is 0.158. The molecule has 2 saturated carbocycles. The third kappa shape index (κ3) is 2.79. The molecule has 1 aliphatic heterocycles. The van der Waals surface area contributed by atoms with Crippen LogP contribution in [-0.2, 0) is 14.3 Å². The first-order valence-electron chi connectivity index (χ1n) is 10.3. The van der Waals surface area contributed by atoms with E-state index in [1.165, 1.54) is 0 Å². The van der Waals surface area contributed by atoms with Gasteiger partial charge in [-0.15, -0.1) is 0 Å². The van der Waals surface area contributed by atoms with E-state index in [4.69, 9.17) is 9.47 Å². The van der Waals surface area contributed by atoms with Gasteiger partial charge in [0.15, 0.2) is 6.29 Å². The number of aliphatic hydroxyl groups excluding tert-OH is 3. The summed E-state index contributed by atoms with van der Waals surface area (Å²) >= 11 is 0. The molecule has 0 bridgehead atoms. The number of aliphatic hydroxyl groups is 3. The van der Waals surface area contributed by atoms with Crippen LogP contribution in [0.5, 0.6) is 0 Å².